The maximum atomic E-state index is 10.8. The van der Waals surface area contributed by atoms with Crippen LogP contribution in [0.5, 0.6) is 23.0 Å². The molecule has 184 valence electrons. The molecule has 10 nitrogen and oxygen atoms in total. The van der Waals surface area contributed by atoms with Crippen LogP contribution in [0.25, 0.3) is 12.2 Å². The topological polar surface area (TPSA) is 189 Å². The van der Waals surface area contributed by atoms with Crippen molar-refractivity contribution in [1.82, 2.24) is 0 Å². The van der Waals surface area contributed by atoms with Crippen LogP contribution in [0.3, 0.4) is 0 Å². The first-order valence-corrected chi connectivity index (χ1v) is 10.3. The molecule has 0 aliphatic heterocycles. The zero-order valence-electron chi connectivity index (χ0n) is 18.7. The molecule has 0 aliphatic rings. The number of benzene rings is 2. The Hall–Kier alpha value is -5.38. The van der Waals surface area contributed by atoms with Crippen molar-refractivity contribution in [3.05, 3.63) is 108 Å². The molecule has 0 saturated heterocycles. The van der Waals surface area contributed by atoms with E-state index in [9.17, 15) is 19.8 Å². The standard InChI is InChI=1S/C12H10N2.2C7H6O4/c1(11-3-7-13-8-4-11)2-12-5-9-14-10-6-12;2*8-5-3-1-2-4(6(5)9)7(10)11/h1-10H;2*1-3,8-9H,(H,10,11)/b2-1+;;. The molecule has 10 heteroatoms. The number of phenolic OH excluding ortho intramolecular Hbond substituents is 2. The minimum atomic E-state index is -1.33. The number of aromatic hydroxyl groups is 2. The molecule has 4 aromatic rings. The van der Waals surface area contributed by atoms with Crippen LogP contribution in [-0.2, 0) is 0 Å². The van der Waals surface area contributed by atoms with E-state index in [1.54, 1.807) is 0 Å². The number of hydrogen-bond acceptors (Lipinski definition) is 6. The summed E-state index contributed by atoms with van der Waals surface area (Å²) in [5, 5.41) is 55.9. The molecule has 0 radical (unpaired) electrons. The third kappa shape index (κ3) is 8.19. The molecule has 0 atom stereocenters. The molecule has 2 aromatic heterocycles. The Labute approximate surface area is 205 Å². The van der Waals surface area contributed by atoms with Gasteiger partial charge in [0.15, 0.2) is 24.8 Å². The van der Waals surface area contributed by atoms with E-state index < -0.39 is 46.1 Å². The highest BCUT2D eigenvalue weighted by molar-refractivity contribution is 5.92. The molecule has 0 spiro atoms. The lowest BCUT2D eigenvalue weighted by molar-refractivity contribution is -0.378. The van der Waals surface area contributed by atoms with Gasteiger partial charge in [0.1, 0.15) is 11.5 Å². The average Bonchev–Trinajstić information content (AvgIpc) is 2.88. The van der Waals surface area contributed by atoms with Crippen LogP contribution < -0.4 is 20.2 Å². The van der Waals surface area contributed by atoms with Gasteiger partial charge in [0, 0.05) is 24.3 Å². The Morgan fingerprint density at radius 1 is 0.611 bits per heavy atom. The summed E-state index contributed by atoms with van der Waals surface area (Å²) in [6.45, 7) is 0. The van der Waals surface area contributed by atoms with Gasteiger partial charge in [-0.25, -0.2) is 19.6 Å². The minimum absolute atomic E-state index is 0.412. The molecular weight excluding hydrogens is 468 g/mol. The second kappa shape index (κ2) is 13.4. The van der Waals surface area contributed by atoms with Crippen LogP contribution >= 0.6 is 0 Å². The van der Waals surface area contributed by atoms with E-state index in [1.807, 2.05) is 49.1 Å². The summed E-state index contributed by atoms with van der Waals surface area (Å²) in [5.74, 6) is -5.42. The lowest BCUT2D eigenvalue weighted by Gasteiger charge is -2.10. The molecule has 0 bridgehead atoms. The van der Waals surface area contributed by atoms with Crippen molar-refractivity contribution in [2.45, 2.75) is 0 Å². The smallest absolute Gasteiger partial charge is 0.335 e. The number of phenols is 2. The number of carboxylic acids is 2. The number of aromatic carboxylic acids is 2. The number of pyridine rings is 2. The number of carboxylic acid groups (broad SMARTS) is 2. The van der Waals surface area contributed by atoms with Crippen LogP contribution in [0.2, 0.25) is 0 Å². The second-order valence-electron chi connectivity index (χ2n) is 6.92. The Morgan fingerprint density at radius 3 is 1.22 bits per heavy atom. The van der Waals surface area contributed by atoms with Gasteiger partial charge in [0.05, 0.1) is 11.1 Å². The molecule has 2 aromatic carbocycles. The van der Waals surface area contributed by atoms with Crippen molar-refractivity contribution >= 4 is 24.1 Å². The maximum Gasteiger partial charge on any atom is 0.335 e. The van der Waals surface area contributed by atoms with Gasteiger partial charge in [-0.05, 0) is 35.4 Å². The van der Waals surface area contributed by atoms with Crippen molar-refractivity contribution in [2.75, 3.05) is 0 Å². The predicted octanol–water partition coefficient (Wildman–Crippen LogP) is 1.81. The van der Waals surface area contributed by atoms with E-state index in [2.05, 4.69) is 22.1 Å². The van der Waals surface area contributed by atoms with Gasteiger partial charge < -0.3 is 30.6 Å². The van der Waals surface area contributed by atoms with E-state index in [-0.39, 0.29) is 0 Å². The van der Waals surface area contributed by atoms with Crippen LogP contribution in [0.15, 0.2) is 85.5 Å². The summed E-state index contributed by atoms with van der Waals surface area (Å²) >= 11 is 0. The van der Waals surface area contributed by atoms with Gasteiger partial charge in [-0.15, -0.1) is 0 Å². The average molecular weight is 490 g/mol. The number of nitrogens with one attached hydrogen (secondary N) is 2. The molecule has 4 rings (SSSR count). The third-order valence-corrected chi connectivity index (χ3v) is 4.41. The Kier molecular flexibility index (Phi) is 9.97. The molecule has 36 heavy (non-hydrogen) atoms. The fourth-order valence-corrected chi connectivity index (χ4v) is 2.60. The normalized spacial score (nSPS) is 9.89. The van der Waals surface area contributed by atoms with Crippen LogP contribution in [0.1, 0.15) is 31.8 Å². The SMILES string of the molecule is C(=C\c1cc[nH+]cc1)/c1cc[nH+]cc1.O=C(O)c1cccc(O)c1[O-].O=C(O)c1cccc(O)c1[O-]. The van der Waals surface area contributed by atoms with Crippen LogP contribution in [-0.4, -0.2) is 32.4 Å². The van der Waals surface area contributed by atoms with Gasteiger partial charge in [-0.3, -0.25) is 0 Å². The lowest BCUT2D eigenvalue weighted by atomic mass is 10.2. The number of aromatic nitrogens is 2. The van der Waals surface area contributed by atoms with Gasteiger partial charge in [0.2, 0.25) is 0 Å². The van der Waals surface area contributed by atoms with Crippen molar-refractivity contribution in [1.29, 1.82) is 0 Å². The molecule has 6 N–H and O–H groups in total. The molecule has 0 fully saturated rings. The fourth-order valence-electron chi connectivity index (χ4n) is 2.60. The molecule has 0 saturated carbocycles. The van der Waals surface area contributed by atoms with Crippen LogP contribution in [0, 0.1) is 0 Å². The molecule has 0 unspecified atom stereocenters. The predicted molar refractivity (Wildman–Crippen MR) is 124 cm³/mol. The Morgan fingerprint density at radius 2 is 0.944 bits per heavy atom. The first-order chi connectivity index (χ1) is 17.2. The van der Waals surface area contributed by atoms with Gasteiger partial charge in [-0.2, -0.15) is 0 Å². The number of aromatic amines is 2. The largest absolute Gasteiger partial charge is 0.869 e. The highest BCUT2D eigenvalue weighted by atomic mass is 16.4. The van der Waals surface area contributed by atoms with Crippen molar-refractivity contribution < 1.29 is 50.2 Å². The second-order valence-corrected chi connectivity index (χ2v) is 6.92. The van der Waals surface area contributed by atoms with Gasteiger partial charge in [0.25, 0.3) is 0 Å². The van der Waals surface area contributed by atoms with Crippen molar-refractivity contribution in [2.24, 2.45) is 0 Å². The van der Waals surface area contributed by atoms with E-state index in [4.69, 9.17) is 20.4 Å². The zero-order valence-corrected chi connectivity index (χ0v) is 18.7. The molecule has 0 aliphatic carbocycles. The monoisotopic (exact) mass is 490 g/mol. The van der Waals surface area contributed by atoms with E-state index in [1.165, 1.54) is 23.3 Å². The van der Waals surface area contributed by atoms with E-state index in [0.29, 0.717) is 0 Å². The first-order valence-electron chi connectivity index (χ1n) is 10.3. The third-order valence-electron chi connectivity index (χ3n) is 4.41. The number of rotatable bonds is 4. The molecule has 0 amide bonds. The van der Waals surface area contributed by atoms with Crippen LogP contribution in [0.4, 0.5) is 0 Å². The lowest BCUT2D eigenvalue weighted by Crippen LogP contribution is -2.03. The van der Waals surface area contributed by atoms with Crippen molar-refractivity contribution in [3.63, 3.8) is 0 Å². The fraction of sp³-hybridized carbons (Fsp3) is 0. The van der Waals surface area contributed by atoms with Crippen molar-refractivity contribution in [3.8, 4) is 23.0 Å². The summed E-state index contributed by atoms with van der Waals surface area (Å²) < 4.78 is 0. The minimum Gasteiger partial charge on any atom is -0.869 e. The van der Waals surface area contributed by atoms with Gasteiger partial charge >= 0.3 is 11.9 Å². The summed E-state index contributed by atoms with van der Waals surface area (Å²) in [6, 6.07) is 15.3. The zero-order chi connectivity index (χ0) is 26.5. The van der Waals surface area contributed by atoms with E-state index >= 15 is 0 Å². The number of carbonyl (C=O) groups is 2. The quantitative estimate of drug-likeness (QED) is 0.333. The summed E-state index contributed by atoms with van der Waals surface area (Å²) in [6.07, 6.45) is 11.8. The maximum absolute atomic E-state index is 10.8. The first kappa shape index (κ1) is 26.9. The summed E-state index contributed by atoms with van der Waals surface area (Å²) in [7, 11) is 0. The van der Waals surface area contributed by atoms with Gasteiger partial charge in [-0.1, -0.05) is 35.8 Å². The number of H-pyrrole nitrogens is 2. The Bertz CT molecular complexity index is 1220. The molecular formula is C26H22N2O8. The molecule has 2 heterocycles. The summed E-state index contributed by atoms with van der Waals surface area (Å²) in [5.41, 5.74) is 1.56. The number of hydrogen-bond donors (Lipinski definition) is 4. The highest BCUT2D eigenvalue weighted by Crippen LogP contribution is 2.25. The van der Waals surface area contributed by atoms with E-state index in [0.717, 1.165) is 24.3 Å². The number of para-hydroxylation sites is 2. The summed E-state index contributed by atoms with van der Waals surface area (Å²) in [4.78, 5) is 26.5. The highest BCUT2D eigenvalue weighted by Gasteiger charge is 2.05. The Balaban J connectivity index is 0.000000193.